The molecule has 0 aromatic heterocycles. The zero-order chi connectivity index (χ0) is 16.7. The summed E-state index contributed by atoms with van der Waals surface area (Å²) in [5.74, 6) is -0.233. The van der Waals surface area contributed by atoms with Gasteiger partial charge in [0.2, 0.25) is 5.91 Å². The first kappa shape index (κ1) is 16.1. The van der Waals surface area contributed by atoms with Gasteiger partial charge in [-0.1, -0.05) is 24.8 Å². The van der Waals surface area contributed by atoms with Gasteiger partial charge >= 0.3 is 6.09 Å². The van der Waals surface area contributed by atoms with Crippen molar-refractivity contribution in [3.8, 4) is 0 Å². The van der Waals surface area contributed by atoms with Gasteiger partial charge in [0.25, 0.3) is 0 Å². The van der Waals surface area contributed by atoms with E-state index < -0.39 is 17.7 Å². The van der Waals surface area contributed by atoms with Gasteiger partial charge in [0.1, 0.15) is 6.04 Å². The molecule has 0 fully saturated rings. The Morgan fingerprint density at radius 2 is 1.95 bits per heavy atom. The molecule has 1 N–H and O–H groups in total. The molecule has 0 bridgehead atoms. The van der Waals surface area contributed by atoms with Crippen LogP contribution in [-0.4, -0.2) is 40.6 Å². The lowest BCUT2D eigenvalue weighted by Gasteiger charge is -2.39. The lowest BCUT2D eigenvalue weighted by Crippen LogP contribution is -2.56. The van der Waals surface area contributed by atoms with Crippen molar-refractivity contribution < 1.29 is 14.7 Å². The standard InChI is InChI=1S/C17H22N2O3/c1-11-10-14(19(16(21)22)17(2,3)4)15(20)18(5)13-9-7-6-8-12(11)13/h6-9,14H,1,10H2,2-5H3,(H,21,22)/t14-/m0/s1. The molecule has 1 aliphatic heterocycles. The van der Waals surface area contributed by atoms with Crippen LogP contribution in [0.25, 0.3) is 5.57 Å². The molecule has 0 spiro atoms. The smallest absolute Gasteiger partial charge is 0.408 e. The van der Waals surface area contributed by atoms with E-state index in [4.69, 9.17) is 0 Å². The Kier molecular flexibility index (Phi) is 4.00. The number of rotatable bonds is 1. The summed E-state index contributed by atoms with van der Waals surface area (Å²) < 4.78 is 0. The molecule has 1 atom stereocenters. The molecule has 2 amide bonds. The summed E-state index contributed by atoms with van der Waals surface area (Å²) in [6, 6.07) is 6.73. The van der Waals surface area contributed by atoms with Crippen LogP contribution in [0.4, 0.5) is 10.5 Å². The molecule has 118 valence electrons. The molecule has 1 heterocycles. The van der Waals surface area contributed by atoms with Gasteiger partial charge in [-0.05, 0) is 32.4 Å². The third kappa shape index (κ3) is 2.71. The van der Waals surface area contributed by atoms with E-state index in [1.54, 1.807) is 27.8 Å². The summed E-state index contributed by atoms with van der Waals surface area (Å²) in [5, 5.41) is 9.59. The fourth-order valence-corrected chi connectivity index (χ4v) is 2.93. The van der Waals surface area contributed by atoms with Gasteiger partial charge in [0.15, 0.2) is 0 Å². The monoisotopic (exact) mass is 302 g/mol. The summed E-state index contributed by atoms with van der Waals surface area (Å²) in [7, 11) is 1.68. The molecule has 0 radical (unpaired) electrons. The number of nitrogens with zero attached hydrogens (tertiary/aromatic N) is 2. The van der Waals surface area contributed by atoms with Gasteiger partial charge in [0.05, 0.1) is 5.69 Å². The van der Waals surface area contributed by atoms with Crippen LogP contribution in [0.5, 0.6) is 0 Å². The van der Waals surface area contributed by atoms with E-state index in [-0.39, 0.29) is 5.91 Å². The fourth-order valence-electron chi connectivity index (χ4n) is 2.93. The summed E-state index contributed by atoms with van der Waals surface area (Å²) in [6.45, 7) is 9.42. The van der Waals surface area contributed by atoms with Crippen LogP contribution in [0.1, 0.15) is 32.8 Å². The van der Waals surface area contributed by atoms with E-state index in [9.17, 15) is 14.7 Å². The first-order chi connectivity index (χ1) is 10.1. The largest absolute Gasteiger partial charge is 0.465 e. The van der Waals surface area contributed by atoms with Crippen LogP contribution >= 0.6 is 0 Å². The Morgan fingerprint density at radius 3 is 2.50 bits per heavy atom. The van der Waals surface area contributed by atoms with Crippen molar-refractivity contribution in [1.29, 1.82) is 0 Å². The normalized spacial score (nSPS) is 18.7. The van der Waals surface area contributed by atoms with Gasteiger partial charge in [-0.25, -0.2) is 4.79 Å². The zero-order valence-corrected chi connectivity index (χ0v) is 13.5. The number of likely N-dealkylation sites (N-methyl/N-ethyl adjacent to an activating group) is 1. The maximum atomic E-state index is 12.8. The second-order valence-corrected chi connectivity index (χ2v) is 6.56. The van der Waals surface area contributed by atoms with Crippen LogP contribution in [0, 0.1) is 0 Å². The Labute approximate surface area is 130 Å². The summed E-state index contributed by atoms with van der Waals surface area (Å²) >= 11 is 0. The predicted octanol–water partition coefficient (Wildman–Crippen LogP) is 3.21. The van der Waals surface area contributed by atoms with Crippen LogP contribution in [0.15, 0.2) is 30.8 Å². The molecule has 1 aliphatic rings. The number of benzene rings is 1. The SMILES string of the molecule is C=C1C[C@H](N(C(=O)O)C(C)(C)C)C(=O)N(C)c2ccccc21. The van der Waals surface area contributed by atoms with Crippen LogP contribution < -0.4 is 4.90 Å². The lowest BCUT2D eigenvalue weighted by molar-refractivity contribution is -0.124. The number of para-hydroxylation sites is 1. The predicted molar refractivity (Wildman–Crippen MR) is 86.9 cm³/mol. The molecule has 0 saturated carbocycles. The molecule has 0 aliphatic carbocycles. The van der Waals surface area contributed by atoms with Crippen molar-refractivity contribution in [2.75, 3.05) is 11.9 Å². The van der Waals surface area contributed by atoms with Crippen molar-refractivity contribution >= 4 is 23.3 Å². The summed E-state index contributed by atoms with van der Waals surface area (Å²) in [4.78, 5) is 27.3. The van der Waals surface area contributed by atoms with Gasteiger partial charge in [-0.2, -0.15) is 0 Å². The molecule has 0 unspecified atom stereocenters. The van der Waals surface area contributed by atoms with E-state index >= 15 is 0 Å². The third-order valence-electron chi connectivity index (χ3n) is 3.94. The van der Waals surface area contributed by atoms with E-state index in [2.05, 4.69) is 6.58 Å². The minimum absolute atomic E-state index is 0.233. The average molecular weight is 302 g/mol. The van der Waals surface area contributed by atoms with Crippen molar-refractivity contribution in [3.05, 3.63) is 36.4 Å². The van der Waals surface area contributed by atoms with Gasteiger partial charge in [0, 0.05) is 24.6 Å². The third-order valence-corrected chi connectivity index (χ3v) is 3.94. The first-order valence-electron chi connectivity index (χ1n) is 7.21. The highest BCUT2D eigenvalue weighted by Gasteiger charge is 2.41. The number of carbonyl (C=O) groups is 2. The van der Waals surface area contributed by atoms with Crippen LogP contribution in [0.3, 0.4) is 0 Å². The van der Waals surface area contributed by atoms with Crippen molar-refractivity contribution in [1.82, 2.24) is 4.90 Å². The second-order valence-electron chi connectivity index (χ2n) is 6.56. The minimum Gasteiger partial charge on any atom is -0.465 e. The molecular weight excluding hydrogens is 280 g/mol. The maximum Gasteiger partial charge on any atom is 0.408 e. The van der Waals surface area contributed by atoms with E-state index in [1.165, 1.54) is 9.80 Å². The molecule has 5 nitrogen and oxygen atoms in total. The molecule has 22 heavy (non-hydrogen) atoms. The minimum atomic E-state index is -1.10. The van der Waals surface area contributed by atoms with Crippen molar-refractivity contribution in [2.45, 2.75) is 38.8 Å². The summed E-state index contributed by atoms with van der Waals surface area (Å²) in [5.41, 5.74) is 1.75. The quantitative estimate of drug-likeness (QED) is 0.866. The van der Waals surface area contributed by atoms with Gasteiger partial charge in [-0.15, -0.1) is 0 Å². The van der Waals surface area contributed by atoms with E-state index in [0.29, 0.717) is 6.42 Å². The van der Waals surface area contributed by atoms with Gasteiger partial charge < -0.3 is 10.0 Å². The highest BCUT2D eigenvalue weighted by Crippen LogP contribution is 2.35. The highest BCUT2D eigenvalue weighted by molar-refractivity contribution is 6.03. The summed E-state index contributed by atoms with van der Waals surface area (Å²) in [6.07, 6.45) is -0.804. The lowest BCUT2D eigenvalue weighted by atomic mass is 9.96. The second kappa shape index (κ2) is 5.48. The van der Waals surface area contributed by atoms with Crippen molar-refractivity contribution in [3.63, 3.8) is 0 Å². The number of hydrogen-bond acceptors (Lipinski definition) is 2. The molecule has 1 aromatic rings. The fraction of sp³-hybridized carbons (Fsp3) is 0.412. The van der Waals surface area contributed by atoms with Crippen LogP contribution in [-0.2, 0) is 4.79 Å². The number of carboxylic acid groups (broad SMARTS) is 1. The average Bonchev–Trinajstić information content (AvgIpc) is 2.50. The number of carbonyl (C=O) groups excluding carboxylic acids is 1. The number of anilines is 1. The Morgan fingerprint density at radius 1 is 1.36 bits per heavy atom. The first-order valence-corrected chi connectivity index (χ1v) is 7.21. The Balaban J connectivity index is 2.52. The van der Waals surface area contributed by atoms with E-state index in [1.807, 2.05) is 24.3 Å². The Hall–Kier alpha value is -2.30. The molecule has 5 heteroatoms. The highest BCUT2D eigenvalue weighted by atomic mass is 16.4. The van der Waals surface area contributed by atoms with Gasteiger partial charge in [-0.3, -0.25) is 9.69 Å². The van der Waals surface area contributed by atoms with Crippen LogP contribution in [0.2, 0.25) is 0 Å². The number of fused-ring (bicyclic) bond motifs is 1. The number of amides is 2. The van der Waals surface area contributed by atoms with Crippen molar-refractivity contribution in [2.24, 2.45) is 0 Å². The molecule has 2 rings (SSSR count). The Bertz CT molecular complexity index is 631. The zero-order valence-electron chi connectivity index (χ0n) is 13.5. The molecular formula is C17H22N2O3. The molecule has 0 saturated heterocycles. The topological polar surface area (TPSA) is 60.9 Å². The molecule has 1 aromatic carbocycles. The number of hydrogen-bond donors (Lipinski definition) is 1. The maximum absolute atomic E-state index is 12.8. The van der Waals surface area contributed by atoms with E-state index in [0.717, 1.165) is 16.8 Å².